The summed E-state index contributed by atoms with van der Waals surface area (Å²) >= 11 is 0. The van der Waals surface area contributed by atoms with E-state index in [9.17, 15) is 18.3 Å². The van der Waals surface area contributed by atoms with E-state index in [1.807, 2.05) is 29.8 Å². The van der Waals surface area contributed by atoms with Crippen LogP contribution in [0.25, 0.3) is 17.2 Å². The Bertz CT molecular complexity index is 1320. The number of alkyl halides is 3. The molecule has 1 unspecified atom stereocenters. The lowest BCUT2D eigenvalue weighted by Gasteiger charge is -2.30. The molecule has 0 amide bonds. The molecule has 9 nitrogen and oxygen atoms in total. The Morgan fingerprint density at radius 2 is 1.97 bits per heavy atom. The van der Waals surface area contributed by atoms with Crippen LogP contribution in [0.4, 0.5) is 19.0 Å². The van der Waals surface area contributed by atoms with Crippen molar-refractivity contribution in [2.45, 2.75) is 52.1 Å². The van der Waals surface area contributed by atoms with Gasteiger partial charge in [-0.15, -0.1) is 13.2 Å². The highest BCUT2D eigenvalue weighted by Gasteiger charge is 2.34. The van der Waals surface area contributed by atoms with Gasteiger partial charge in [0.1, 0.15) is 11.6 Å². The van der Waals surface area contributed by atoms with E-state index in [1.54, 1.807) is 13.1 Å². The average molecular weight is 517 g/mol. The number of anilines is 1. The summed E-state index contributed by atoms with van der Waals surface area (Å²) in [4.78, 5) is 11.1. The fraction of sp³-hybridized carbons (Fsp3) is 0.440. The molecule has 1 aliphatic carbocycles. The van der Waals surface area contributed by atoms with Gasteiger partial charge in [0, 0.05) is 36.5 Å². The Balaban J connectivity index is 1.30. The Kier molecular flexibility index (Phi) is 6.76. The van der Waals surface area contributed by atoms with Crippen molar-refractivity contribution < 1.29 is 27.5 Å². The maximum atomic E-state index is 12.6. The van der Waals surface area contributed by atoms with Gasteiger partial charge in [-0.3, -0.25) is 4.68 Å². The lowest BCUT2D eigenvalue weighted by atomic mass is 9.93. The summed E-state index contributed by atoms with van der Waals surface area (Å²) in [5.41, 5.74) is 3.10. The van der Waals surface area contributed by atoms with Gasteiger partial charge in [0.05, 0.1) is 12.6 Å². The van der Waals surface area contributed by atoms with Crippen molar-refractivity contribution >= 4 is 11.4 Å². The highest BCUT2D eigenvalue weighted by Crippen LogP contribution is 2.34. The standard InChI is InChI=1S/C25H27F3N6O3/c1-15-11-18(3-4-21(15)36-25(26,27)28)23-30-24(37-32-23)20-12-16(2)34(31-20)14-17-5-8-29-22(13-17)33-9-6-19(35)7-10-33/h3-5,8,12-13,15,19,35H,6-7,9-11,14H2,1-2H3. The number of hydrogen-bond donors (Lipinski definition) is 1. The molecule has 3 aromatic heterocycles. The lowest BCUT2D eigenvalue weighted by Crippen LogP contribution is -2.36. The molecular formula is C25H27F3N6O3. The van der Waals surface area contributed by atoms with Gasteiger partial charge >= 0.3 is 6.36 Å². The van der Waals surface area contributed by atoms with Gasteiger partial charge in [-0.05, 0) is 56.0 Å². The molecule has 0 bridgehead atoms. The summed E-state index contributed by atoms with van der Waals surface area (Å²) in [7, 11) is 0. The first-order valence-electron chi connectivity index (χ1n) is 12.1. The van der Waals surface area contributed by atoms with E-state index >= 15 is 0 Å². The molecule has 0 spiro atoms. The summed E-state index contributed by atoms with van der Waals surface area (Å²) in [6.45, 7) is 5.64. The summed E-state index contributed by atoms with van der Waals surface area (Å²) in [5.74, 6) is 0.788. The van der Waals surface area contributed by atoms with Crippen molar-refractivity contribution in [1.82, 2.24) is 24.9 Å². The molecule has 1 aliphatic heterocycles. The maximum Gasteiger partial charge on any atom is 0.572 e. The largest absolute Gasteiger partial charge is 0.572 e. The van der Waals surface area contributed by atoms with Crippen LogP contribution in [0.3, 0.4) is 0 Å². The fourth-order valence-electron chi connectivity index (χ4n) is 4.51. The third-order valence-corrected chi connectivity index (χ3v) is 6.54. The molecule has 0 aromatic carbocycles. The number of nitrogens with zero attached hydrogens (tertiary/aromatic N) is 6. The smallest absolute Gasteiger partial charge is 0.410 e. The number of aryl methyl sites for hydroxylation is 1. The fourth-order valence-corrected chi connectivity index (χ4v) is 4.51. The first kappa shape index (κ1) is 25.0. The molecule has 2 aliphatic rings. The first-order valence-corrected chi connectivity index (χ1v) is 12.1. The second kappa shape index (κ2) is 10.0. The molecular weight excluding hydrogens is 489 g/mol. The Morgan fingerprint density at radius 3 is 2.70 bits per heavy atom. The molecule has 1 N–H and O–H groups in total. The predicted octanol–water partition coefficient (Wildman–Crippen LogP) is 4.49. The topological polar surface area (TPSA) is 102 Å². The van der Waals surface area contributed by atoms with Gasteiger partial charge in [-0.25, -0.2) is 4.98 Å². The zero-order chi connectivity index (χ0) is 26.2. The van der Waals surface area contributed by atoms with E-state index in [2.05, 4.69) is 29.9 Å². The molecule has 4 heterocycles. The minimum Gasteiger partial charge on any atom is -0.410 e. The van der Waals surface area contributed by atoms with E-state index < -0.39 is 12.3 Å². The van der Waals surface area contributed by atoms with Crippen LogP contribution in [0.2, 0.25) is 0 Å². The Hall–Kier alpha value is -3.67. The second-order valence-electron chi connectivity index (χ2n) is 9.41. The number of aliphatic hydroxyl groups is 1. The van der Waals surface area contributed by atoms with E-state index in [0.717, 1.165) is 43.0 Å². The highest BCUT2D eigenvalue weighted by molar-refractivity contribution is 5.65. The van der Waals surface area contributed by atoms with Crippen LogP contribution >= 0.6 is 0 Å². The highest BCUT2D eigenvalue weighted by atomic mass is 19.4. The van der Waals surface area contributed by atoms with Crippen LogP contribution in [0.15, 0.2) is 46.8 Å². The number of rotatable bonds is 6. The van der Waals surface area contributed by atoms with Gasteiger partial charge in [0.15, 0.2) is 11.5 Å². The van der Waals surface area contributed by atoms with Crippen LogP contribution in [0.1, 0.15) is 43.3 Å². The van der Waals surface area contributed by atoms with Crippen molar-refractivity contribution in [1.29, 1.82) is 0 Å². The van der Waals surface area contributed by atoms with Gasteiger partial charge in [0.2, 0.25) is 0 Å². The SMILES string of the molecule is Cc1cc(-c2nc(C3=CC=C(OC(F)(F)F)C(C)C3)no2)nn1Cc1ccnc(N2CCC(O)CC2)c1. The summed E-state index contributed by atoms with van der Waals surface area (Å²) in [5, 5.41) is 18.4. The van der Waals surface area contributed by atoms with E-state index in [0.29, 0.717) is 23.6 Å². The van der Waals surface area contributed by atoms with E-state index in [4.69, 9.17) is 4.52 Å². The zero-order valence-electron chi connectivity index (χ0n) is 20.4. The summed E-state index contributed by atoms with van der Waals surface area (Å²) < 4.78 is 49.1. The zero-order valence-corrected chi connectivity index (χ0v) is 20.4. The minimum atomic E-state index is -4.73. The Labute approximate surface area is 211 Å². The van der Waals surface area contributed by atoms with E-state index in [1.165, 1.54) is 12.2 Å². The van der Waals surface area contributed by atoms with Gasteiger partial charge in [-0.1, -0.05) is 18.2 Å². The number of aliphatic hydroxyl groups excluding tert-OH is 1. The predicted molar refractivity (Wildman–Crippen MR) is 128 cm³/mol. The lowest BCUT2D eigenvalue weighted by molar-refractivity contribution is -0.308. The minimum absolute atomic E-state index is 0.147. The number of pyridine rings is 1. The molecule has 1 saturated heterocycles. The summed E-state index contributed by atoms with van der Waals surface area (Å²) in [6, 6.07) is 5.82. The number of ether oxygens (including phenoxy) is 1. The number of aromatic nitrogens is 5. The van der Waals surface area contributed by atoms with Crippen LogP contribution in [-0.4, -0.2) is 55.6 Å². The third kappa shape index (κ3) is 5.85. The van der Waals surface area contributed by atoms with Crippen LogP contribution in [0, 0.1) is 12.8 Å². The molecule has 196 valence electrons. The molecule has 12 heteroatoms. The first-order chi connectivity index (χ1) is 17.6. The molecule has 1 atom stereocenters. The van der Waals surface area contributed by atoms with E-state index in [-0.39, 0.29) is 24.2 Å². The van der Waals surface area contributed by atoms with Crippen LogP contribution in [0.5, 0.6) is 0 Å². The van der Waals surface area contributed by atoms with Crippen molar-refractivity contribution in [3.63, 3.8) is 0 Å². The molecule has 5 rings (SSSR count). The molecule has 3 aromatic rings. The third-order valence-electron chi connectivity index (χ3n) is 6.54. The summed E-state index contributed by atoms with van der Waals surface area (Å²) in [6.07, 6.45) is 1.36. The second-order valence-corrected chi connectivity index (χ2v) is 9.41. The van der Waals surface area contributed by atoms with Gasteiger partial charge in [-0.2, -0.15) is 10.1 Å². The number of allylic oxidation sites excluding steroid dienone is 4. The number of hydrogen-bond acceptors (Lipinski definition) is 8. The normalized spacial score (nSPS) is 19.1. The van der Waals surface area contributed by atoms with Crippen molar-refractivity contribution in [2.75, 3.05) is 18.0 Å². The van der Waals surface area contributed by atoms with Crippen molar-refractivity contribution in [3.8, 4) is 11.6 Å². The molecule has 1 fully saturated rings. The molecule has 0 saturated carbocycles. The average Bonchev–Trinajstić information content (AvgIpc) is 3.48. The van der Waals surface area contributed by atoms with Gasteiger partial charge in [0.25, 0.3) is 5.89 Å². The van der Waals surface area contributed by atoms with Crippen molar-refractivity contribution in [3.05, 3.63) is 59.4 Å². The van der Waals surface area contributed by atoms with Crippen LogP contribution in [-0.2, 0) is 11.3 Å². The quantitative estimate of drug-likeness (QED) is 0.511. The van der Waals surface area contributed by atoms with Crippen molar-refractivity contribution in [2.24, 2.45) is 5.92 Å². The monoisotopic (exact) mass is 516 g/mol. The number of piperidine rings is 1. The van der Waals surface area contributed by atoms with Gasteiger partial charge < -0.3 is 19.3 Å². The Morgan fingerprint density at radius 1 is 1.19 bits per heavy atom. The maximum absolute atomic E-state index is 12.6. The van der Waals surface area contributed by atoms with Crippen LogP contribution < -0.4 is 4.90 Å². The molecule has 0 radical (unpaired) electrons. The molecule has 37 heavy (non-hydrogen) atoms. The number of halogens is 3.